The number of alkyl halides is 1. The van der Waals surface area contributed by atoms with Crippen molar-refractivity contribution in [3.8, 4) is 0 Å². The van der Waals surface area contributed by atoms with Crippen LogP contribution in [0.25, 0.3) is 0 Å². The first-order chi connectivity index (χ1) is 6.02. The van der Waals surface area contributed by atoms with E-state index in [2.05, 4.69) is 0 Å². The number of ether oxygens (including phenoxy) is 1. The highest BCUT2D eigenvalue weighted by Gasteiger charge is 2.46. The zero-order valence-corrected chi connectivity index (χ0v) is 8.90. The molecule has 3 nitrogen and oxygen atoms in total. The molecule has 2 atom stereocenters. The van der Waals surface area contributed by atoms with Gasteiger partial charge in [0, 0.05) is 12.0 Å². The number of hydrogen-bond acceptors (Lipinski definition) is 3. The minimum absolute atomic E-state index is 0.0852. The van der Waals surface area contributed by atoms with Crippen LogP contribution in [0.4, 0.5) is 0 Å². The van der Waals surface area contributed by atoms with Crippen LogP contribution in [0.2, 0.25) is 0 Å². The van der Waals surface area contributed by atoms with Crippen LogP contribution in [0.3, 0.4) is 0 Å². The first-order valence-electron chi connectivity index (χ1n) is 4.50. The topological polar surface area (TPSA) is 43.4 Å². The maximum Gasteiger partial charge on any atom is 0.153 e. The van der Waals surface area contributed by atoms with E-state index in [0.717, 1.165) is 6.42 Å². The molecule has 0 radical (unpaired) electrons. The van der Waals surface area contributed by atoms with Crippen molar-refractivity contribution < 1.29 is 13.2 Å². The fourth-order valence-electron chi connectivity index (χ4n) is 2.13. The molecule has 0 aromatic heterocycles. The van der Waals surface area contributed by atoms with Crippen molar-refractivity contribution in [2.24, 2.45) is 0 Å². The van der Waals surface area contributed by atoms with E-state index in [1.165, 1.54) is 0 Å². The summed E-state index contributed by atoms with van der Waals surface area (Å²) in [5.41, 5.74) is -0.441. The fourth-order valence-corrected chi connectivity index (χ4v) is 4.47. The van der Waals surface area contributed by atoms with Crippen molar-refractivity contribution >= 4 is 21.4 Å². The van der Waals surface area contributed by atoms with Gasteiger partial charge in [0.2, 0.25) is 0 Å². The monoisotopic (exact) mass is 224 g/mol. The summed E-state index contributed by atoms with van der Waals surface area (Å²) in [6, 6.07) is 0. The summed E-state index contributed by atoms with van der Waals surface area (Å²) in [6.07, 6.45) is 2.15. The zero-order chi connectivity index (χ0) is 9.53. The number of hydrogen-bond donors (Lipinski definition) is 0. The van der Waals surface area contributed by atoms with Crippen molar-refractivity contribution in [1.29, 1.82) is 0 Å². The lowest BCUT2D eigenvalue weighted by Crippen LogP contribution is -2.41. The second-order valence-electron chi connectivity index (χ2n) is 3.96. The predicted molar refractivity (Wildman–Crippen MR) is 50.8 cm³/mol. The Balaban J connectivity index is 2.14. The first-order valence-corrected chi connectivity index (χ1v) is 6.76. The molecule has 0 aliphatic carbocycles. The molecule has 76 valence electrons. The summed E-state index contributed by atoms with van der Waals surface area (Å²) in [5.74, 6) is 0.430. The normalized spacial score (nSPS) is 43.9. The van der Waals surface area contributed by atoms with E-state index in [4.69, 9.17) is 16.3 Å². The highest BCUT2D eigenvalue weighted by molar-refractivity contribution is 7.91. The Morgan fingerprint density at radius 1 is 1.46 bits per heavy atom. The first kappa shape index (κ1) is 9.74. The van der Waals surface area contributed by atoms with Gasteiger partial charge in [0.1, 0.15) is 0 Å². The molecule has 0 aromatic carbocycles. The van der Waals surface area contributed by atoms with E-state index >= 15 is 0 Å². The third kappa shape index (κ3) is 2.00. The highest BCUT2D eigenvalue weighted by atomic mass is 35.5. The quantitative estimate of drug-likeness (QED) is 0.576. The van der Waals surface area contributed by atoms with Crippen molar-refractivity contribution in [1.82, 2.24) is 0 Å². The van der Waals surface area contributed by atoms with Crippen molar-refractivity contribution in [2.45, 2.75) is 30.2 Å². The van der Waals surface area contributed by atoms with Crippen LogP contribution in [-0.2, 0) is 14.6 Å². The molecule has 13 heavy (non-hydrogen) atoms. The summed E-state index contributed by atoms with van der Waals surface area (Å²) >= 11 is 6.00. The van der Waals surface area contributed by atoms with Gasteiger partial charge in [-0.25, -0.2) is 8.42 Å². The molecule has 0 N–H and O–H groups in total. The highest BCUT2D eigenvalue weighted by Crippen LogP contribution is 2.37. The molecule has 2 unspecified atom stereocenters. The van der Waals surface area contributed by atoms with Crippen LogP contribution in [0, 0.1) is 0 Å². The van der Waals surface area contributed by atoms with Gasteiger partial charge in [-0.15, -0.1) is 11.6 Å². The third-order valence-corrected chi connectivity index (χ3v) is 4.95. The van der Waals surface area contributed by atoms with Gasteiger partial charge in [-0.1, -0.05) is 0 Å². The summed E-state index contributed by atoms with van der Waals surface area (Å²) in [5, 5.41) is 0.0852. The van der Waals surface area contributed by atoms with E-state index in [-0.39, 0.29) is 16.9 Å². The van der Waals surface area contributed by atoms with E-state index in [1.807, 2.05) is 0 Å². The molecule has 0 saturated carbocycles. The Labute approximate surface area is 83.3 Å². The average molecular weight is 225 g/mol. The lowest BCUT2D eigenvalue weighted by Gasteiger charge is -2.34. The van der Waals surface area contributed by atoms with Gasteiger partial charge >= 0.3 is 0 Å². The number of sulfone groups is 1. The lowest BCUT2D eigenvalue weighted by molar-refractivity contribution is -0.0573. The van der Waals surface area contributed by atoms with Gasteiger partial charge in [-0.3, -0.25) is 0 Å². The van der Waals surface area contributed by atoms with E-state index in [1.54, 1.807) is 0 Å². The maximum absolute atomic E-state index is 11.3. The minimum atomic E-state index is -2.86. The molecule has 0 bridgehead atoms. The van der Waals surface area contributed by atoms with Gasteiger partial charge in [-0.05, 0) is 19.3 Å². The Kier molecular flexibility index (Phi) is 2.33. The molecular weight excluding hydrogens is 212 g/mol. The minimum Gasteiger partial charge on any atom is -0.374 e. The van der Waals surface area contributed by atoms with Gasteiger partial charge in [-0.2, -0.15) is 0 Å². The third-order valence-electron chi connectivity index (χ3n) is 2.78. The van der Waals surface area contributed by atoms with Gasteiger partial charge in [0.15, 0.2) is 9.84 Å². The molecule has 5 heteroatoms. The lowest BCUT2D eigenvalue weighted by atomic mass is 9.93. The maximum atomic E-state index is 11.3. The molecular formula is C8H13ClO3S. The molecule has 2 heterocycles. The Bertz CT molecular complexity index is 301. The second kappa shape index (κ2) is 3.11. The van der Waals surface area contributed by atoms with Crippen molar-refractivity contribution in [3.63, 3.8) is 0 Å². The molecule has 2 saturated heterocycles. The summed E-state index contributed by atoms with van der Waals surface area (Å²) in [7, 11) is -2.86. The predicted octanol–water partition coefficient (Wildman–Crippen LogP) is 0.962. The molecule has 0 amide bonds. The number of halogens is 1. The van der Waals surface area contributed by atoms with Gasteiger partial charge in [0.25, 0.3) is 0 Å². The van der Waals surface area contributed by atoms with Crippen LogP contribution < -0.4 is 0 Å². The smallest absolute Gasteiger partial charge is 0.153 e. The summed E-state index contributed by atoms with van der Waals surface area (Å²) in [6.45, 7) is 0.601. The molecule has 2 rings (SSSR count). The second-order valence-corrected chi connectivity index (χ2v) is 6.76. The van der Waals surface area contributed by atoms with Crippen molar-refractivity contribution in [3.05, 3.63) is 0 Å². The molecule has 0 aromatic rings. The standard InChI is InChI=1S/C8H13ClO3S/c9-7-1-3-12-8(5-7)2-4-13(10,11)6-8/h7H,1-6H2. The van der Waals surface area contributed by atoms with Crippen LogP contribution in [0.5, 0.6) is 0 Å². The molecule has 2 aliphatic heterocycles. The van der Waals surface area contributed by atoms with Crippen LogP contribution in [0.15, 0.2) is 0 Å². The zero-order valence-electron chi connectivity index (χ0n) is 7.33. The Morgan fingerprint density at radius 2 is 2.23 bits per heavy atom. The Morgan fingerprint density at radius 3 is 2.77 bits per heavy atom. The number of rotatable bonds is 0. The SMILES string of the molecule is O=S1(=O)CCC2(CC(Cl)CCO2)C1. The molecule has 1 spiro atoms. The van der Waals surface area contributed by atoms with Crippen LogP contribution in [-0.4, -0.2) is 37.5 Å². The Hall–Kier alpha value is 0.200. The van der Waals surface area contributed by atoms with Gasteiger partial charge in [0.05, 0.1) is 17.1 Å². The largest absolute Gasteiger partial charge is 0.374 e. The summed E-state index contributed by atoms with van der Waals surface area (Å²) in [4.78, 5) is 0. The van der Waals surface area contributed by atoms with Crippen LogP contribution in [0.1, 0.15) is 19.3 Å². The van der Waals surface area contributed by atoms with Gasteiger partial charge < -0.3 is 4.74 Å². The molecule has 2 fully saturated rings. The summed E-state index contributed by atoms with van der Waals surface area (Å²) < 4.78 is 28.1. The van der Waals surface area contributed by atoms with Crippen LogP contribution >= 0.6 is 11.6 Å². The molecule has 2 aliphatic rings. The van der Waals surface area contributed by atoms with E-state index in [9.17, 15) is 8.42 Å². The van der Waals surface area contributed by atoms with Crippen molar-refractivity contribution in [2.75, 3.05) is 18.1 Å². The van der Waals surface area contributed by atoms with E-state index in [0.29, 0.717) is 19.4 Å². The average Bonchev–Trinajstić information content (AvgIpc) is 2.26. The van der Waals surface area contributed by atoms with E-state index < -0.39 is 15.4 Å². The fraction of sp³-hybridized carbons (Fsp3) is 1.00.